The molecule has 21 heavy (non-hydrogen) atoms. The van der Waals surface area contributed by atoms with E-state index >= 15 is 0 Å². The van der Waals surface area contributed by atoms with Gasteiger partial charge in [-0.05, 0) is 42.8 Å². The molecule has 1 aromatic heterocycles. The first-order valence-electron chi connectivity index (χ1n) is 6.82. The summed E-state index contributed by atoms with van der Waals surface area (Å²) in [6.45, 7) is 2.78. The van der Waals surface area contributed by atoms with Crippen LogP contribution in [0.1, 0.15) is 11.3 Å². The van der Waals surface area contributed by atoms with Gasteiger partial charge in [-0.2, -0.15) is 5.10 Å². The molecule has 3 rings (SSSR count). The van der Waals surface area contributed by atoms with Crippen LogP contribution in [0.25, 0.3) is 5.69 Å². The van der Waals surface area contributed by atoms with Crippen molar-refractivity contribution in [1.29, 1.82) is 0 Å². The molecule has 0 amide bonds. The number of benzene rings is 2. The molecule has 1 heterocycles. The Morgan fingerprint density at radius 2 is 1.90 bits per heavy atom. The summed E-state index contributed by atoms with van der Waals surface area (Å²) in [4.78, 5) is 0. The maximum Gasteiger partial charge on any atom is 0.0819 e. The monoisotopic (exact) mass is 341 g/mol. The third kappa shape index (κ3) is 3.34. The number of rotatable bonds is 4. The second-order valence-corrected chi connectivity index (χ2v) is 5.76. The van der Waals surface area contributed by atoms with Crippen molar-refractivity contribution in [1.82, 2.24) is 9.78 Å². The molecule has 0 aliphatic rings. The molecule has 0 radical (unpaired) electrons. The van der Waals surface area contributed by atoms with Crippen molar-refractivity contribution in [3.8, 4) is 5.69 Å². The lowest BCUT2D eigenvalue weighted by atomic mass is 10.2. The predicted octanol–water partition coefficient (Wildman–Crippen LogP) is 4.56. The van der Waals surface area contributed by atoms with Crippen molar-refractivity contribution in [3.63, 3.8) is 0 Å². The highest BCUT2D eigenvalue weighted by atomic mass is 79.9. The van der Waals surface area contributed by atoms with Crippen molar-refractivity contribution in [2.45, 2.75) is 13.5 Å². The molecule has 2 aromatic carbocycles. The van der Waals surface area contributed by atoms with Gasteiger partial charge in [-0.1, -0.05) is 40.2 Å². The van der Waals surface area contributed by atoms with Gasteiger partial charge in [0, 0.05) is 16.4 Å². The molecule has 0 saturated heterocycles. The number of halogens is 1. The predicted molar refractivity (Wildman–Crippen MR) is 89.8 cm³/mol. The van der Waals surface area contributed by atoms with Gasteiger partial charge in [-0.25, -0.2) is 4.68 Å². The smallest absolute Gasteiger partial charge is 0.0819 e. The average Bonchev–Trinajstić information content (AvgIpc) is 2.98. The number of anilines is 1. The van der Waals surface area contributed by atoms with Crippen LogP contribution in [0.5, 0.6) is 0 Å². The second-order valence-electron chi connectivity index (χ2n) is 4.90. The van der Waals surface area contributed by atoms with Gasteiger partial charge < -0.3 is 5.32 Å². The number of para-hydroxylation sites is 1. The summed E-state index contributed by atoms with van der Waals surface area (Å²) in [6.07, 6.45) is 1.98. The molecule has 106 valence electrons. The Labute approximate surface area is 132 Å². The first-order chi connectivity index (χ1) is 10.2. The summed E-state index contributed by atoms with van der Waals surface area (Å²) in [5.41, 5.74) is 4.40. The van der Waals surface area contributed by atoms with Crippen LogP contribution in [0.4, 0.5) is 5.69 Å². The summed E-state index contributed by atoms with van der Waals surface area (Å²) in [5.74, 6) is 0. The van der Waals surface area contributed by atoms with Gasteiger partial charge in [0.25, 0.3) is 0 Å². The van der Waals surface area contributed by atoms with Crippen molar-refractivity contribution in [2.24, 2.45) is 0 Å². The maximum atomic E-state index is 4.58. The molecule has 0 bridgehead atoms. The van der Waals surface area contributed by atoms with Gasteiger partial charge in [-0.15, -0.1) is 0 Å². The van der Waals surface area contributed by atoms with Crippen LogP contribution in [0.3, 0.4) is 0 Å². The van der Waals surface area contributed by atoms with E-state index in [0.717, 1.165) is 21.5 Å². The van der Waals surface area contributed by atoms with E-state index in [0.29, 0.717) is 6.54 Å². The molecule has 3 nitrogen and oxygen atoms in total. The van der Waals surface area contributed by atoms with E-state index in [-0.39, 0.29) is 0 Å². The van der Waals surface area contributed by atoms with Gasteiger partial charge in [0.15, 0.2) is 0 Å². The minimum atomic E-state index is 0.704. The van der Waals surface area contributed by atoms with Crippen molar-refractivity contribution >= 4 is 21.6 Å². The van der Waals surface area contributed by atoms with E-state index in [2.05, 4.69) is 51.5 Å². The van der Waals surface area contributed by atoms with Crippen LogP contribution in [-0.4, -0.2) is 9.78 Å². The average molecular weight is 342 g/mol. The lowest BCUT2D eigenvalue weighted by molar-refractivity contribution is 0.844. The van der Waals surface area contributed by atoms with E-state index in [9.17, 15) is 0 Å². The molecule has 4 heteroatoms. The highest BCUT2D eigenvalue weighted by molar-refractivity contribution is 9.10. The first-order valence-corrected chi connectivity index (χ1v) is 7.62. The summed E-state index contributed by atoms with van der Waals surface area (Å²) in [5, 5.41) is 7.97. The molecular weight excluding hydrogens is 326 g/mol. The Bertz CT molecular complexity index is 735. The van der Waals surface area contributed by atoms with Crippen LogP contribution in [0.2, 0.25) is 0 Å². The quantitative estimate of drug-likeness (QED) is 0.754. The topological polar surface area (TPSA) is 29.9 Å². The minimum absolute atomic E-state index is 0.704. The number of hydrogen-bond acceptors (Lipinski definition) is 2. The largest absolute Gasteiger partial charge is 0.379 e. The van der Waals surface area contributed by atoms with E-state index in [1.807, 2.05) is 47.3 Å². The van der Waals surface area contributed by atoms with Crippen molar-refractivity contribution in [3.05, 3.63) is 76.5 Å². The van der Waals surface area contributed by atoms with Gasteiger partial charge in [0.1, 0.15) is 0 Å². The summed E-state index contributed by atoms with van der Waals surface area (Å²) < 4.78 is 3.00. The minimum Gasteiger partial charge on any atom is -0.379 e. The Hall–Kier alpha value is -2.07. The molecule has 0 aliphatic carbocycles. The lowest BCUT2D eigenvalue weighted by Crippen LogP contribution is -2.02. The molecule has 0 saturated carbocycles. The zero-order chi connectivity index (χ0) is 14.7. The maximum absolute atomic E-state index is 4.58. The molecule has 1 N–H and O–H groups in total. The summed E-state index contributed by atoms with van der Waals surface area (Å²) in [6, 6.07) is 18.4. The Morgan fingerprint density at radius 3 is 2.67 bits per heavy atom. The first kappa shape index (κ1) is 13.9. The fraction of sp³-hybridized carbons (Fsp3) is 0.118. The van der Waals surface area contributed by atoms with E-state index in [4.69, 9.17) is 0 Å². The van der Waals surface area contributed by atoms with Crippen molar-refractivity contribution in [2.75, 3.05) is 5.32 Å². The second kappa shape index (κ2) is 6.14. The number of nitrogens with one attached hydrogen (secondary N) is 1. The molecule has 0 atom stereocenters. The van der Waals surface area contributed by atoms with Crippen LogP contribution in [-0.2, 0) is 6.54 Å². The molecule has 0 unspecified atom stereocenters. The summed E-state index contributed by atoms with van der Waals surface area (Å²) in [7, 11) is 0. The van der Waals surface area contributed by atoms with Crippen LogP contribution >= 0.6 is 15.9 Å². The van der Waals surface area contributed by atoms with Gasteiger partial charge in [0.2, 0.25) is 0 Å². The van der Waals surface area contributed by atoms with Gasteiger partial charge in [0.05, 0.1) is 17.9 Å². The third-order valence-electron chi connectivity index (χ3n) is 3.31. The molecule has 0 spiro atoms. The number of hydrogen-bond donors (Lipinski definition) is 1. The lowest BCUT2D eigenvalue weighted by Gasteiger charge is -2.06. The van der Waals surface area contributed by atoms with Crippen LogP contribution in [0.15, 0.2) is 65.3 Å². The molecule has 3 aromatic rings. The number of nitrogens with zero attached hydrogens (tertiary/aromatic N) is 2. The normalized spacial score (nSPS) is 10.6. The fourth-order valence-corrected chi connectivity index (χ4v) is 2.45. The zero-order valence-electron chi connectivity index (χ0n) is 11.8. The standard InChI is InChI=1S/C17H16BrN3/c1-13-7-8-14(11-17(13)18)19-12-15-9-10-21(20-15)16-5-3-2-4-6-16/h2-11,19H,12H2,1H3. The SMILES string of the molecule is Cc1ccc(NCc2ccn(-c3ccccc3)n2)cc1Br. The Kier molecular flexibility index (Phi) is 4.06. The molecular formula is C17H16BrN3. The van der Waals surface area contributed by atoms with Crippen molar-refractivity contribution < 1.29 is 0 Å². The van der Waals surface area contributed by atoms with E-state index < -0.39 is 0 Å². The Balaban J connectivity index is 1.69. The van der Waals surface area contributed by atoms with Crippen LogP contribution in [0, 0.1) is 6.92 Å². The molecule has 0 aliphatic heterocycles. The Morgan fingerprint density at radius 1 is 1.10 bits per heavy atom. The summed E-state index contributed by atoms with van der Waals surface area (Å²) >= 11 is 3.55. The van der Waals surface area contributed by atoms with Gasteiger partial charge >= 0.3 is 0 Å². The third-order valence-corrected chi connectivity index (χ3v) is 4.16. The van der Waals surface area contributed by atoms with Gasteiger partial charge in [-0.3, -0.25) is 0 Å². The highest BCUT2D eigenvalue weighted by Crippen LogP contribution is 2.21. The van der Waals surface area contributed by atoms with Crippen LogP contribution < -0.4 is 5.32 Å². The number of aryl methyl sites for hydroxylation is 1. The van der Waals surface area contributed by atoms with E-state index in [1.165, 1.54) is 5.56 Å². The number of aromatic nitrogens is 2. The highest BCUT2D eigenvalue weighted by Gasteiger charge is 2.02. The zero-order valence-corrected chi connectivity index (χ0v) is 13.3. The fourth-order valence-electron chi connectivity index (χ4n) is 2.08. The molecule has 0 fully saturated rings. The van der Waals surface area contributed by atoms with E-state index in [1.54, 1.807) is 0 Å².